The lowest BCUT2D eigenvalue weighted by Gasteiger charge is -2.15. The predicted octanol–water partition coefficient (Wildman–Crippen LogP) is 1.22. The van der Waals surface area contributed by atoms with Crippen molar-refractivity contribution in [3.05, 3.63) is 29.8 Å². The number of carbonyl (C=O) groups excluding carboxylic acids is 1. The highest BCUT2D eigenvalue weighted by molar-refractivity contribution is 5.77. The van der Waals surface area contributed by atoms with E-state index in [2.05, 4.69) is 11.2 Å². The van der Waals surface area contributed by atoms with Crippen molar-refractivity contribution in [2.24, 2.45) is 5.73 Å². The van der Waals surface area contributed by atoms with Crippen LogP contribution in [0.3, 0.4) is 0 Å². The van der Waals surface area contributed by atoms with Crippen LogP contribution in [0.2, 0.25) is 0 Å². The third kappa shape index (κ3) is 4.11. The molecule has 4 heteroatoms. The molecule has 0 aliphatic carbocycles. The monoisotopic (exact) mass is 246 g/mol. The van der Waals surface area contributed by atoms with Crippen molar-refractivity contribution in [2.45, 2.75) is 19.4 Å². The predicted molar refractivity (Wildman–Crippen MR) is 71.0 cm³/mol. The van der Waals surface area contributed by atoms with Crippen molar-refractivity contribution in [3.63, 3.8) is 0 Å². The highest BCUT2D eigenvalue weighted by Crippen LogP contribution is 2.25. The molecule has 1 amide bonds. The standard InChI is InChI=1S/C14H18N2O2/c1-3-9-16-14(17)10-18-13-8-6-5-7-11(13)12(15)4-2/h1,5-8,12H,4,9-10,15H2,2H3,(H,16,17)/t12-/m0/s1. The lowest BCUT2D eigenvalue weighted by molar-refractivity contribution is -0.122. The van der Waals surface area contributed by atoms with E-state index in [1.54, 1.807) is 6.07 Å². The SMILES string of the molecule is C#CCNC(=O)COc1ccccc1[C@@H](N)CC. The number of benzene rings is 1. The van der Waals surface area contributed by atoms with E-state index in [0.717, 1.165) is 12.0 Å². The second-order valence-electron chi connectivity index (χ2n) is 3.82. The summed E-state index contributed by atoms with van der Waals surface area (Å²) < 4.78 is 5.46. The number of nitrogens with two attached hydrogens (primary N) is 1. The van der Waals surface area contributed by atoms with Gasteiger partial charge in [-0.15, -0.1) is 6.42 Å². The summed E-state index contributed by atoms with van der Waals surface area (Å²) in [7, 11) is 0. The van der Waals surface area contributed by atoms with Crippen LogP contribution in [0.25, 0.3) is 0 Å². The summed E-state index contributed by atoms with van der Waals surface area (Å²) in [5, 5.41) is 2.53. The summed E-state index contributed by atoms with van der Waals surface area (Å²) in [4.78, 5) is 11.4. The zero-order valence-corrected chi connectivity index (χ0v) is 10.5. The van der Waals surface area contributed by atoms with Gasteiger partial charge >= 0.3 is 0 Å². The number of para-hydroxylation sites is 1. The summed E-state index contributed by atoms with van der Waals surface area (Å²) >= 11 is 0. The van der Waals surface area contributed by atoms with Crippen molar-refractivity contribution >= 4 is 5.91 Å². The molecule has 0 heterocycles. The van der Waals surface area contributed by atoms with Gasteiger partial charge in [-0.2, -0.15) is 0 Å². The van der Waals surface area contributed by atoms with Crippen LogP contribution in [-0.2, 0) is 4.79 Å². The first-order valence-electron chi connectivity index (χ1n) is 5.86. The van der Waals surface area contributed by atoms with Gasteiger partial charge in [0.25, 0.3) is 5.91 Å². The lowest BCUT2D eigenvalue weighted by atomic mass is 10.0. The van der Waals surface area contributed by atoms with Crippen LogP contribution in [0.4, 0.5) is 0 Å². The van der Waals surface area contributed by atoms with E-state index < -0.39 is 0 Å². The first-order chi connectivity index (χ1) is 8.69. The number of nitrogens with one attached hydrogen (secondary N) is 1. The van der Waals surface area contributed by atoms with E-state index in [1.807, 2.05) is 25.1 Å². The van der Waals surface area contributed by atoms with E-state index in [1.165, 1.54) is 0 Å². The molecule has 0 fully saturated rings. The van der Waals surface area contributed by atoms with Crippen molar-refractivity contribution in [2.75, 3.05) is 13.2 Å². The molecule has 0 radical (unpaired) electrons. The Bertz CT molecular complexity index is 438. The average molecular weight is 246 g/mol. The zero-order valence-electron chi connectivity index (χ0n) is 10.5. The van der Waals surface area contributed by atoms with Gasteiger partial charge in [0.2, 0.25) is 0 Å². The van der Waals surface area contributed by atoms with Gasteiger partial charge in [0.15, 0.2) is 6.61 Å². The Kier molecular flexibility index (Phi) is 5.75. The fourth-order valence-corrected chi connectivity index (χ4v) is 1.48. The van der Waals surface area contributed by atoms with Crippen molar-refractivity contribution in [1.82, 2.24) is 5.32 Å². The summed E-state index contributed by atoms with van der Waals surface area (Å²) in [6, 6.07) is 7.37. The normalized spacial score (nSPS) is 11.4. The average Bonchev–Trinajstić information content (AvgIpc) is 2.42. The second kappa shape index (κ2) is 7.36. The van der Waals surface area contributed by atoms with Gasteiger partial charge in [-0.05, 0) is 12.5 Å². The minimum absolute atomic E-state index is 0.0604. The Balaban J connectivity index is 2.62. The van der Waals surface area contributed by atoms with Crippen LogP contribution in [0.1, 0.15) is 24.9 Å². The molecule has 96 valence electrons. The van der Waals surface area contributed by atoms with Crippen LogP contribution < -0.4 is 15.8 Å². The second-order valence-corrected chi connectivity index (χ2v) is 3.82. The maximum absolute atomic E-state index is 11.4. The molecule has 0 unspecified atom stereocenters. The highest BCUT2D eigenvalue weighted by atomic mass is 16.5. The largest absolute Gasteiger partial charge is 0.483 e. The van der Waals surface area contributed by atoms with E-state index in [-0.39, 0.29) is 25.1 Å². The number of hydrogen-bond acceptors (Lipinski definition) is 3. The van der Waals surface area contributed by atoms with E-state index in [0.29, 0.717) is 5.75 Å². The Morgan fingerprint density at radius 2 is 2.28 bits per heavy atom. The molecule has 0 spiro atoms. The number of hydrogen-bond donors (Lipinski definition) is 2. The third-order valence-electron chi connectivity index (χ3n) is 2.50. The molecule has 18 heavy (non-hydrogen) atoms. The molecular formula is C14H18N2O2. The number of terminal acetylenes is 1. The van der Waals surface area contributed by atoms with Gasteiger partial charge in [-0.25, -0.2) is 0 Å². The first kappa shape index (κ1) is 14.1. The Morgan fingerprint density at radius 3 is 2.94 bits per heavy atom. The van der Waals surface area contributed by atoms with Gasteiger partial charge in [-0.3, -0.25) is 4.79 Å². The number of rotatable bonds is 6. The van der Waals surface area contributed by atoms with E-state index >= 15 is 0 Å². The fourth-order valence-electron chi connectivity index (χ4n) is 1.48. The zero-order chi connectivity index (χ0) is 13.4. The molecule has 0 aliphatic heterocycles. The van der Waals surface area contributed by atoms with Crippen LogP contribution in [0.15, 0.2) is 24.3 Å². The molecule has 3 N–H and O–H groups in total. The van der Waals surface area contributed by atoms with Crippen LogP contribution in [-0.4, -0.2) is 19.1 Å². The number of amides is 1. The minimum Gasteiger partial charge on any atom is -0.483 e. The minimum atomic E-state index is -0.243. The molecule has 1 aromatic rings. The summed E-state index contributed by atoms with van der Waals surface area (Å²) in [6.07, 6.45) is 5.85. The van der Waals surface area contributed by atoms with E-state index in [4.69, 9.17) is 16.9 Å². The highest BCUT2D eigenvalue weighted by Gasteiger charge is 2.10. The Labute approximate surface area is 108 Å². The number of ether oxygens (including phenoxy) is 1. The van der Waals surface area contributed by atoms with Gasteiger partial charge in [-0.1, -0.05) is 31.0 Å². The molecule has 0 saturated carbocycles. The summed E-state index contributed by atoms with van der Waals surface area (Å²) in [5.41, 5.74) is 6.88. The van der Waals surface area contributed by atoms with Gasteiger partial charge in [0.1, 0.15) is 5.75 Å². The molecule has 0 bridgehead atoms. The van der Waals surface area contributed by atoms with Crippen molar-refractivity contribution in [1.29, 1.82) is 0 Å². The molecule has 1 rings (SSSR count). The summed E-state index contributed by atoms with van der Waals surface area (Å²) in [6.45, 7) is 2.15. The quantitative estimate of drug-likeness (QED) is 0.742. The molecule has 0 aromatic heterocycles. The van der Waals surface area contributed by atoms with Crippen molar-refractivity contribution in [3.8, 4) is 18.1 Å². The van der Waals surface area contributed by atoms with Crippen LogP contribution >= 0.6 is 0 Å². The smallest absolute Gasteiger partial charge is 0.258 e. The van der Waals surface area contributed by atoms with E-state index in [9.17, 15) is 4.79 Å². The Morgan fingerprint density at radius 1 is 1.56 bits per heavy atom. The molecule has 1 atom stereocenters. The van der Waals surface area contributed by atoms with Gasteiger partial charge in [0.05, 0.1) is 6.54 Å². The maximum Gasteiger partial charge on any atom is 0.258 e. The topological polar surface area (TPSA) is 64.3 Å². The Hall–Kier alpha value is -1.99. The molecule has 4 nitrogen and oxygen atoms in total. The van der Waals surface area contributed by atoms with Gasteiger partial charge in [0, 0.05) is 11.6 Å². The molecular weight excluding hydrogens is 228 g/mol. The van der Waals surface area contributed by atoms with Gasteiger partial charge < -0.3 is 15.8 Å². The first-order valence-corrected chi connectivity index (χ1v) is 5.86. The molecule has 0 saturated heterocycles. The third-order valence-corrected chi connectivity index (χ3v) is 2.50. The van der Waals surface area contributed by atoms with Crippen LogP contribution in [0, 0.1) is 12.3 Å². The summed E-state index contributed by atoms with van der Waals surface area (Å²) in [5.74, 6) is 2.73. The van der Waals surface area contributed by atoms with Crippen molar-refractivity contribution < 1.29 is 9.53 Å². The fraction of sp³-hybridized carbons (Fsp3) is 0.357. The maximum atomic E-state index is 11.4. The molecule has 1 aromatic carbocycles. The molecule has 0 aliphatic rings. The number of carbonyl (C=O) groups is 1. The van der Waals surface area contributed by atoms with Crippen LogP contribution in [0.5, 0.6) is 5.75 Å². The lowest BCUT2D eigenvalue weighted by Crippen LogP contribution is -2.29.